The zero-order valence-electron chi connectivity index (χ0n) is 25.7. The van der Waals surface area contributed by atoms with Crippen LogP contribution in [0.15, 0.2) is 0 Å². The number of ether oxygens (including phenoxy) is 1. The van der Waals surface area contributed by atoms with E-state index in [1.807, 2.05) is 0 Å². The summed E-state index contributed by atoms with van der Waals surface area (Å²) in [7, 11) is 0. The molecule has 0 aromatic heterocycles. The van der Waals surface area contributed by atoms with Crippen LogP contribution >= 0.6 is 0 Å². The molecule has 0 aliphatic rings. The molecule has 0 heterocycles. The van der Waals surface area contributed by atoms with Gasteiger partial charge in [-0.2, -0.15) is 0 Å². The first-order valence-corrected chi connectivity index (χ1v) is 17.5. The molecule has 1 heteroatoms. The predicted octanol–water partition coefficient (Wildman–Crippen LogP) is 13.1. The van der Waals surface area contributed by atoms with Gasteiger partial charge in [0.1, 0.15) is 0 Å². The van der Waals surface area contributed by atoms with E-state index in [1.165, 1.54) is 199 Å². The van der Waals surface area contributed by atoms with Crippen LogP contribution in [-0.4, -0.2) is 13.2 Å². The van der Waals surface area contributed by atoms with Crippen LogP contribution in [0.3, 0.4) is 0 Å². The zero-order chi connectivity index (χ0) is 26.0. The molecule has 0 saturated carbocycles. The Kier molecular flexibility index (Phi) is 34.9. The van der Waals surface area contributed by atoms with Crippen LogP contribution in [0.4, 0.5) is 0 Å². The Morgan fingerprint density at radius 1 is 0.222 bits per heavy atom. The molecule has 0 N–H and O–H groups in total. The van der Waals surface area contributed by atoms with E-state index in [2.05, 4.69) is 13.8 Å². The monoisotopic (exact) mass is 509 g/mol. The summed E-state index contributed by atoms with van der Waals surface area (Å²) >= 11 is 0. The van der Waals surface area contributed by atoms with Gasteiger partial charge >= 0.3 is 0 Å². The fraction of sp³-hybridized carbons (Fsp3) is 1.00. The van der Waals surface area contributed by atoms with Crippen molar-refractivity contribution in [3.8, 4) is 0 Å². The highest BCUT2D eigenvalue weighted by atomic mass is 16.5. The normalized spacial score (nSPS) is 11.5. The second-order valence-electron chi connectivity index (χ2n) is 11.9. The molecule has 0 aliphatic heterocycles. The third kappa shape index (κ3) is 34.0. The van der Waals surface area contributed by atoms with Gasteiger partial charge in [0.25, 0.3) is 0 Å². The molecule has 0 aromatic rings. The average molecular weight is 509 g/mol. The maximum absolute atomic E-state index is 5.69. The van der Waals surface area contributed by atoms with Crippen molar-refractivity contribution >= 4 is 0 Å². The second-order valence-corrected chi connectivity index (χ2v) is 11.9. The summed E-state index contributed by atoms with van der Waals surface area (Å²) in [5, 5.41) is 0. The van der Waals surface area contributed by atoms with E-state index in [9.17, 15) is 0 Å². The van der Waals surface area contributed by atoms with E-state index >= 15 is 0 Å². The fourth-order valence-electron chi connectivity index (χ4n) is 5.43. The molecule has 0 aromatic carbocycles. The molecule has 0 aliphatic carbocycles. The predicted molar refractivity (Wildman–Crippen MR) is 165 cm³/mol. The number of rotatable bonds is 33. The minimum absolute atomic E-state index is 0.980. The highest BCUT2D eigenvalue weighted by molar-refractivity contribution is 4.52. The van der Waals surface area contributed by atoms with Gasteiger partial charge in [-0.1, -0.05) is 200 Å². The van der Waals surface area contributed by atoms with Crippen LogP contribution in [-0.2, 0) is 4.74 Å². The van der Waals surface area contributed by atoms with Crippen molar-refractivity contribution in [2.45, 2.75) is 213 Å². The van der Waals surface area contributed by atoms with Gasteiger partial charge in [0, 0.05) is 13.2 Å². The molecular weight excluding hydrogens is 436 g/mol. The molecule has 0 fully saturated rings. The number of hydrogen-bond donors (Lipinski definition) is 0. The van der Waals surface area contributed by atoms with Gasteiger partial charge in [0.05, 0.1) is 0 Å². The summed E-state index contributed by atoms with van der Waals surface area (Å²) in [4.78, 5) is 0. The summed E-state index contributed by atoms with van der Waals surface area (Å²) in [6.07, 6.45) is 44.8. The van der Waals surface area contributed by atoms with Crippen LogP contribution in [0.5, 0.6) is 0 Å². The molecule has 1 nitrogen and oxygen atoms in total. The van der Waals surface area contributed by atoms with Crippen molar-refractivity contribution in [2.24, 2.45) is 0 Å². The number of unbranched alkanes of at least 4 members (excludes halogenated alkanes) is 29. The van der Waals surface area contributed by atoms with Gasteiger partial charge in [0.15, 0.2) is 0 Å². The molecule has 0 rings (SSSR count). The van der Waals surface area contributed by atoms with Crippen molar-refractivity contribution in [1.29, 1.82) is 0 Å². The second kappa shape index (κ2) is 35.0. The topological polar surface area (TPSA) is 9.23 Å². The van der Waals surface area contributed by atoms with Gasteiger partial charge in [-0.3, -0.25) is 0 Å². The Morgan fingerprint density at radius 2 is 0.389 bits per heavy atom. The Bertz CT molecular complexity index is 319. The SMILES string of the molecule is CCCCCCCCCCCCCCCCCCCCCCCCCCCCCCOCCCCC. The molecule has 0 spiro atoms. The maximum atomic E-state index is 5.69. The summed E-state index contributed by atoms with van der Waals surface area (Å²) in [5.41, 5.74) is 0. The quantitative estimate of drug-likeness (QED) is 0.0801. The van der Waals surface area contributed by atoms with E-state index in [0.29, 0.717) is 0 Å². The number of hydrogen-bond acceptors (Lipinski definition) is 1. The Hall–Kier alpha value is -0.0400. The van der Waals surface area contributed by atoms with Gasteiger partial charge in [-0.15, -0.1) is 0 Å². The summed E-state index contributed by atoms with van der Waals surface area (Å²) in [6, 6.07) is 0. The van der Waals surface area contributed by atoms with Gasteiger partial charge in [-0.05, 0) is 12.8 Å². The largest absolute Gasteiger partial charge is 0.381 e. The van der Waals surface area contributed by atoms with Crippen LogP contribution in [0, 0.1) is 0 Å². The first-order valence-electron chi connectivity index (χ1n) is 17.5. The summed E-state index contributed by atoms with van der Waals surface area (Å²) < 4.78 is 5.69. The molecular formula is C35H72O. The molecule has 0 unspecified atom stereocenters. The van der Waals surface area contributed by atoms with Crippen LogP contribution in [0.1, 0.15) is 213 Å². The lowest BCUT2D eigenvalue weighted by Crippen LogP contribution is -1.96. The first-order chi connectivity index (χ1) is 17.9. The van der Waals surface area contributed by atoms with Gasteiger partial charge in [-0.25, -0.2) is 0 Å². The van der Waals surface area contributed by atoms with Crippen molar-refractivity contribution in [1.82, 2.24) is 0 Å². The molecule has 0 amide bonds. The van der Waals surface area contributed by atoms with Crippen molar-refractivity contribution in [3.05, 3.63) is 0 Å². The molecule has 0 saturated heterocycles. The van der Waals surface area contributed by atoms with Crippen LogP contribution in [0.25, 0.3) is 0 Å². The van der Waals surface area contributed by atoms with E-state index < -0.39 is 0 Å². The van der Waals surface area contributed by atoms with Crippen LogP contribution < -0.4 is 0 Å². The Balaban J connectivity index is 3.00. The molecule has 218 valence electrons. The lowest BCUT2D eigenvalue weighted by atomic mass is 10.0. The third-order valence-corrected chi connectivity index (χ3v) is 8.03. The molecule has 0 bridgehead atoms. The highest BCUT2D eigenvalue weighted by Gasteiger charge is 1.97. The third-order valence-electron chi connectivity index (χ3n) is 8.03. The molecule has 0 atom stereocenters. The van der Waals surface area contributed by atoms with E-state index in [0.717, 1.165) is 13.2 Å². The smallest absolute Gasteiger partial charge is 0.0466 e. The lowest BCUT2D eigenvalue weighted by Gasteiger charge is -2.05. The van der Waals surface area contributed by atoms with Crippen LogP contribution in [0.2, 0.25) is 0 Å². The fourth-order valence-corrected chi connectivity index (χ4v) is 5.43. The minimum atomic E-state index is 0.980. The van der Waals surface area contributed by atoms with E-state index in [-0.39, 0.29) is 0 Å². The van der Waals surface area contributed by atoms with Crippen molar-refractivity contribution in [3.63, 3.8) is 0 Å². The summed E-state index contributed by atoms with van der Waals surface area (Å²) in [5.74, 6) is 0. The first kappa shape index (κ1) is 36.0. The summed E-state index contributed by atoms with van der Waals surface area (Å²) in [6.45, 7) is 6.53. The molecule has 0 radical (unpaired) electrons. The van der Waals surface area contributed by atoms with E-state index in [1.54, 1.807) is 0 Å². The van der Waals surface area contributed by atoms with Gasteiger partial charge in [0.2, 0.25) is 0 Å². The van der Waals surface area contributed by atoms with E-state index in [4.69, 9.17) is 4.74 Å². The standard InChI is InChI=1S/C35H72O/c1-3-5-7-8-9-10-11-12-13-14-15-16-17-18-19-20-21-22-23-24-25-26-27-28-29-30-31-33-35-36-34-32-6-4-2/h3-35H2,1-2H3. The average Bonchev–Trinajstić information content (AvgIpc) is 2.89. The molecule has 36 heavy (non-hydrogen) atoms. The highest BCUT2D eigenvalue weighted by Crippen LogP contribution is 2.16. The Morgan fingerprint density at radius 3 is 0.639 bits per heavy atom. The Labute approximate surface area is 230 Å². The minimum Gasteiger partial charge on any atom is -0.381 e. The lowest BCUT2D eigenvalue weighted by molar-refractivity contribution is 0.126. The van der Waals surface area contributed by atoms with Crippen molar-refractivity contribution < 1.29 is 4.74 Å². The van der Waals surface area contributed by atoms with Crippen molar-refractivity contribution in [2.75, 3.05) is 13.2 Å². The maximum Gasteiger partial charge on any atom is 0.0466 e. The van der Waals surface area contributed by atoms with Gasteiger partial charge < -0.3 is 4.74 Å². The zero-order valence-corrected chi connectivity index (χ0v) is 25.7.